The maximum absolute atomic E-state index is 13.0. The van der Waals surface area contributed by atoms with Crippen molar-refractivity contribution in [3.63, 3.8) is 0 Å². The minimum Gasteiger partial charge on any atom is -0.497 e. The van der Waals surface area contributed by atoms with Crippen LogP contribution in [0.2, 0.25) is 0 Å². The Morgan fingerprint density at radius 3 is 2.17 bits per heavy atom. The number of hydrogen-bond acceptors (Lipinski definition) is 5. The lowest BCUT2D eigenvalue weighted by atomic mass is 10.1. The number of pyridine rings is 1. The van der Waals surface area contributed by atoms with Crippen molar-refractivity contribution in [3.8, 4) is 11.5 Å². The van der Waals surface area contributed by atoms with E-state index in [2.05, 4.69) is 5.32 Å². The zero-order valence-corrected chi connectivity index (χ0v) is 18.3. The molecule has 0 saturated carbocycles. The second-order valence-corrected chi connectivity index (χ2v) is 7.47. The summed E-state index contributed by atoms with van der Waals surface area (Å²) in [7, 11) is 3.10. The standard InChI is InChI=1S/C22H29N3O5/c1-14(2)25(15(3)4)21(27)16-11-19(22(28)24(5)12-16)23-20(26)13-30-18-9-7-17(29-6)8-10-18/h7-12,14-15H,13H2,1-6H3,(H,23,26). The Kier molecular flexibility index (Phi) is 7.63. The predicted molar refractivity (Wildman–Crippen MR) is 115 cm³/mol. The Morgan fingerprint density at radius 1 is 1.07 bits per heavy atom. The summed E-state index contributed by atoms with van der Waals surface area (Å²) in [6.07, 6.45) is 1.48. The Morgan fingerprint density at radius 2 is 1.63 bits per heavy atom. The summed E-state index contributed by atoms with van der Waals surface area (Å²) in [6.45, 7) is 7.44. The van der Waals surface area contributed by atoms with Gasteiger partial charge >= 0.3 is 0 Å². The molecule has 0 fully saturated rings. The van der Waals surface area contributed by atoms with E-state index in [1.165, 1.54) is 23.9 Å². The molecule has 0 saturated heterocycles. The van der Waals surface area contributed by atoms with E-state index in [0.29, 0.717) is 17.1 Å². The molecule has 8 nitrogen and oxygen atoms in total. The van der Waals surface area contributed by atoms with E-state index in [0.717, 1.165) is 0 Å². The van der Waals surface area contributed by atoms with Crippen molar-refractivity contribution < 1.29 is 19.1 Å². The molecule has 1 aromatic carbocycles. The Balaban J connectivity index is 2.15. The minimum absolute atomic E-state index is 0.00864. The summed E-state index contributed by atoms with van der Waals surface area (Å²) in [5.41, 5.74) is -0.0602. The van der Waals surface area contributed by atoms with Gasteiger partial charge in [-0.1, -0.05) is 0 Å². The van der Waals surface area contributed by atoms with Crippen molar-refractivity contribution in [1.29, 1.82) is 0 Å². The lowest BCUT2D eigenvalue weighted by Gasteiger charge is -2.31. The van der Waals surface area contributed by atoms with E-state index in [4.69, 9.17) is 9.47 Å². The quantitative estimate of drug-likeness (QED) is 0.716. The molecular weight excluding hydrogens is 386 g/mol. The van der Waals surface area contributed by atoms with Gasteiger partial charge in [0.1, 0.15) is 17.2 Å². The molecule has 0 bridgehead atoms. The zero-order valence-electron chi connectivity index (χ0n) is 18.3. The number of hydrogen-bond donors (Lipinski definition) is 1. The molecule has 0 atom stereocenters. The van der Waals surface area contributed by atoms with Gasteiger partial charge in [0.05, 0.1) is 12.7 Å². The average Bonchev–Trinajstić information content (AvgIpc) is 2.69. The number of anilines is 1. The first kappa shape index (κ1) is 23.0. The van der Waals surface area contributed by atoms with Gasteiger partial charge < -0.3 is 24.3 Å². The highest BCUT2D eigenvalue weighted by molar-refractivity contribution is 5.97. The summed E-state index contributed by atoms with van der Waals surface area (Å²) in [5, 5.41) is 2.54. The Bertz CT molecular complexity index is 940. The van der Waals surface area contributed by atoms with Crippen LogP contribution >= 0.6 is 0 Å². The third kappa shape index (κ3) is 5.62. The van der Waals surface area contributed by atoms with E-state index < -0.39 is 11.5 Å². The molecule has 162 valence electrons. The molecule has 1 heterocycles. The van der Waals surface area contributed by atoms with Gasteiger partial charge in [-0.25, -0.2) is 0 Å². The number of aryl methyl sites for hydroxylation is 1. The molecule has 8 heteroatoms. The molecule has 0 aliphatic rings. The normalized spacial score (nSPS) is 10.8. The van der Waals surface area contributed by atoms with Gasteiger partial charge in [0, 0.05) is 25.3 Å². The summed E-state index contributed by atoms with van der Waals surface area (Å²) in [5.74, 6) is 0.457. The SMILES string of the molecule is COc1ccc(OCC(=O)Nc2cc(C(=O)N(C(C)C)C(C)C)cn(C)c2=O)cc1. The third-order valence-corrected chi connectivity index (χ3v) is 4.48. The number of methoxy groups -OCH3 is 1. The average molecular weight is 415 g/mol. The molecule has 0 spiro atoms. The second-order valence-electron chi connectivity index (χ2n) is 7.47. The number of rotatable bonds is 8. The molecule has 0 unspecified atom stereocenters. The number of aromatic nitrogens is 1. The number of carbonyl (C=O) groups is 2. The summed E-state index contributed by atoms with van der Waals surface area (Å²) < 4.78 is 11.8. The van der Waals surface area contributed by atoms with Gasteiger partial charge in [-0.3, -0.25) is 14.4 Å². The lowest BCUT2D eigenvalue weighted by molar-refractivity contribution is -0.118. The zero-order chi connectivity index (χ0) is 22.4. The van der Waals surface area contributed by atoms with Crippen LogP contribution in [0.1, 0.15) is 38.1 Å². The molecule has 1 aromatic heterocycles. The van der Waals surface area contributed by atoms with Gasteiger partial charge in [0.25, 0.3) is 17.4 Å². The van der Waals surface area contributed by atoms with Crippen molar-refractivity contribution in [2.75, 3.05) is 19.0 Å². The third-order valence-electron chi connectivity index (χ3n) is 4.48. The highest BCUT2D eigenvalue weighted by atomic mass is 16.5. The van der Waals surface area contributed by atoms with E-state index in [1.807, 2.05) is 27.7 Å². The molecule has 2 amide bonds. The first-order valence-electron chi connectivity index (χ1n) is 9.74. The Labute approximate surface area is 176 Å². The van der Waals surface area contributed by atoms with Crippen molar-refractivity contribution in [2.45, 2.75) is 39.8 Å². The van der Waals surface area contributed by atoms with Gasteiger partial charge in [0.2, 0.25) is 0 Å². The van der Waals surface area contributed by atoms with Crippen LogP contribution in [0.4, 0.5) is 5.69 Å². The highest BCUT2D eigenvalue weighted by Gasteiger charge is 2.23. The van der Waals surface area contributed by atoms with Crippen LogP contribution in [0.5, 0.6) is 11.5 Å². The van der Waals surface area contributed by atoms with Crippen LogP contribution in [0.15, 0.2) is 41.3 Å². The van der Waals surface area contributed by atoms with Gasteiger partial charge in [-0.2, -0.15) is 0 Å². The van der Waals surface area contributed by atoms with E-state index >= 15 is 0 Å². The van der Waals surface area contributed by atoms with Crippen LogP contribution < -0.4 is 20.3 Å². The summed E-state index contributed by atoms with van der Waals surface area (Å²) >= 11 is 0. The van der Waals surface area contributed by atoms with E-state index in [9.17, 15) is 14.4 Å². The number of nitrogens with one attached hydrogen (secondary N) is 1. The van der Waals surface area contributed by atoms with Gasteiger partial charge in [-0.15, -0.1) is 0 Å². The number of benzene rings is 1. The first-order chi connectivity index (χ1) is 14.1. The maximum atomic E-state index is 13.0. The summed E-state index contributed by atoms with van der Waals surface area (Å²) in [6, 6.07) is 8.18. The molecule has 2 aromatic rings. The molecule has 1 N–H and O–H groups in total. The van der Waals surface area contributed by atoms with Crippen LogP contribution in [0.25, 0.3) is 0 Å². The van der Waals surface area contributed by atoms with Crippen LogP contribution in [0, 0.1) is 0 Å². The number of nitrogens with zero attached hydrogens (tertiary/aromatic N) is 2. The fourth-order valence-electron chi connectivity index (χ4n) is 3.14. The smallest absolute Gasteiger partial charge is 0.274 e. The Hall–Kier alpha value is -3.29. The number of ether oxygens (including phenoxy) is 2. The molecule has 0 aliphatic carbocycles. The van der Waals surface area contributed by atoms with Gasteiger partial charge in [0.15, 0.2) is 6.61 Å². The van der Waals surface area contributed by atoms with E-state index in [-0.39, 0.29) is 30.3 Å². The largest absolute Gasteiger partial charge is 0.497 e. The molecule has 30 heavy (non-hydrogen) atoms. The van der Waals surface area contributed by atoms with Crippen molar-refractivity contribution in [2.24, 2.45) is 7.05 Å². The first-order valence-corrected chi connectivity index (χ1v) is 9.74. The maximum Gasteiger partial charge on any atom is 0.274 e. The van der Waals surface area contributed by atoms with Crippen LogP contribution in [0.3, 0.4) is 0 Å². The van der Waals surface area contributed by atoms with Crippen molar-refractivity contribution >= 4 is 17.5 Å². The summed E-state index contributed by atoms with van der Waals surface area (Å²) in [4.78, 5) is 39.4. The topological polar surface area (TPSA) is 89.9 Å². The molecule has 0 radical (unpaired) electrons. The number of amides is 2. The highest BCUT2D eigenvalue weighted by Crippen LogP contribution is 2.17. The predicted octanol–water partition coefficient (Wildman–Crippen LogP) is 2.67. The number of carbonyl (C=O) groups excluding carboxylic acids is 2. The fraction of sp³-hybridized carbons (Fsp3) is 0.409. The molecular formula is C22H29N3O5. The lowest BCUT2D eigenvalue weighted by Crippen LogP contribution is -2.42. The molecule has 0 aliphatic heterocycles. The molecule has 2 rings (SSSR count). The fourth-order valence-corrected chi connectivity index (χ4v) is 3.14. The van der Waals surface area contributed by atoms with E-state index in [1.54, 1.807) is 36.3 Å². The van der Waals surface area contributed by atoms with Gasteiger partial charge in [-0.05, 0) is 58.0 Å². The van der Waals surface area contributed by atoms with Crippen molar-refractivity contribution in [1.82, 2.24) is 9.47 Å². The van der Waals surface area contributed by atoms with Crippen molar-refractivity contribution in [3.05, 3.63) is 52.4 Å². The minimum atomic E-state index is -0.503. The van der Waals surface area contributed by atoms with Crippen LogP contribution in [-0.2, 0) is 11.8 Å². The second kappa shape index (κ2) is 9.96. The van der Waals surface area contributed by atoms with Crippen LogP contribution in [-0.4, -0.2) is 47.1 Å². The monoisotopic (exact) mass is 415 g/mol.